The van der Waals surface area contributed by atoms with Crippen molar-refractivity contribution < 1.29 is 4.48 Å². The molecule has 0 saturated carbocycles. The molecule has 4 aromatic rings. The fourth-order valence-electron chi connectivity index (χ4n) is 5.97. The number of nitrogens with zero attached hydrogens (tertiary/aromatic N) is 1. The van der Waals surface area contributed by atoms with E-state index in [0.29, 0.717) is 0 Å². The van der Waals surface area contributed by atoms with Crippen LogP contribution < -0.4 is 0 Å². The Kier molecular flexibility index (Phi) is 7.11. The Bertz CT molecular complexity index is 919. The average Bonchev–Trinajstić information content (AvgIpc) is 2.90. The largest absolute Gasteiger partial charge is 0.300 e. The number of quaternary nitrogens is 1. The van der Waals surface area contributed by atoms with Gasteiger partial charge in [0.2, 0.25) is 0 Å². The third kappa shape index (κ3) is 4.38. The lowest BCUT2D eigenvalue weighted by Gasteiger charge is -2.56. The van der Waals surface area contributed by atoms with Crippen LogP contribution in [0.5, 0.6) is 0 Å². The van der Waals surface area contributed by atoms with Crippen molar-refractivity contribution >= 4 is 0 Å². The Balaban J connectivity index is 1.99. The highest BCUT2D eigenvalue weighted by Crippen LogP contribution is 2.54. The molecule has 0 radical (unpaired) electrons. The van der Waals surface area contributed by atoms with E-state index < -0.39 is 0 Å². The van der Waals surface area contributed by atoms with Crippen LogP contribution in [0.1, 0.15) is 74.1 Å². The zero-order chi connectivity index (χ0) is 23.3. The molecule has 0 N–H and O–H groups in total. The third-order valence-electron chi connectivity index (χ3n) is 7.81. The summed E-state index contributed by atoms with van der Waals surface area (Å²) in [7, 11) is 0. The van der Waals surface area contributed by atoms with Gasteiger partial charge >= 0.3 is 0 Å². The van der Waals surface area contributed by atoms with Crippen molar-refractivity contribution in [3.63, 3.8) is 0 Å². The first-order valence-corrected chi connectivity index (χ1v) is 12.1. The van der Waals surface area contributed by atoms with Crippen molar-refractivity contribution in [2.75, 3.05) is 0 Å². The van der Waals surface area contributed by atoms with Gasteiger partial charge in [0.15, 0.2) is 0 Å². The molecule has 0 amide bonds. The van der Waals surface area contributed by atoms with Crippen molar-refractivity contribution in [3.8, 4) is 0 Å². The van der Waals surface area contributed by atoms with Crippen molar-refractivity contribution in [2.45, 2.75) is 51.9 Å². The molecule has 0 fully saturated rings. The maximum Gasteiger partial charge on any atom is 0.113 e. The summed E-state index contributed by atoms with van der Waals surface area (Å²) in [5.41, 5.74) is 5.52. The van der Waals surface area contributed by atoms with Crippen LogP contribution >= 0.6 is 0 Å². The SMILES string of the molecule is CC(c1ccccc1)[N+](C(C)c1ccccc1)(C(C)c1ccccc1)C(C)c1ccccc1. The van der Waals surface area contributed by atoms with Crippen molar-refractivity contribution in [3.05, 3.63) is 144 Å². The Morgan fingerprint density at radius 3 is 0.697 bits per heavy atom. The summed E-state index contributed by atoms with van der Waals surface area (Å²) in [5.74, 6) is 0. The summed E-state index contributed by atoms with van der Waals surface area (Å²) >= 11 is 0. The predicted molar refractivity (Wildman–Crippen MR) is 140 cm³/mol. The first-order chi connectivity index (χ1) is 16.1. The topological polar surface area (TPSA) is 0 Å². The number of rotatable bonds is 8. The van der Waals surface area contributed by atoms with E-state index in [0.717, 1.165) is 4.48 Å². The molecule has 4 unspecified atom stereocenters. The molecule has 168 valence electrons. The van der Waals surface area contributed by atoms with Gasteiger partial charge in [-0.15, -0.1) is 0 Å². The fraction of sp³-hybridized carbons (Fsp3) is 0.250. The van der Waals surface area contributed by atoms with Crippen LogP contribution in [0.15, 0.2) is 121 Å². The summed E-state index contributed by atoms with van der Waals surface area (Å²) in [6, 6.07) is 45.4. The molecule has 33 heavy (non-hydrogen) atoms. The van der Waals surface area contributed by atoms with Crippen molar-refractivity contribution in [1.29, 1.82) is 0 Å². The van der Waals surface area contributed by atoms with Gasteiger partial charge in [-0.25, -0.2) is 0 Å². The van der Waals surface area contributed by atoms with E-state index >= 15 is 0 Å². The Morgan fingerprint density at radius 2 is 0.515 bits per heavy atom. The lowest BCUT2D eigenvalue weighted by molar-refractivity contribution is -1.03. The first-order valence-electron chi connectivity index (χ1n) is 12.1. The average molecular weight is 435 g/mol. The van der Waals surface area contributed by atoms with Gasteiger partial charge in [0, 0.05) is 22.3 Å². The van der Waals surface area contributed by atoms with Crippen LogP contribution in [-0.4, -0.2) is 4.48 Å². The summed E-state index contributed by atoms with van der Waals surface area (Å²) < 4.78 is 0.905. The van der Waals surface area contributed by atoms with Crippen LogP contribution in [0.4, 0.5) is 0 Å². The van der Waals surface area contributed by atoms with Gasteiger partial charge in [-0.2, -0.15) is 0 Å². The Morgan fingerprint density at radius 1 is 0.333 bits per heavy atom. The second-order valence-electron chi connectivity index (χ2n) is 9.24. The molecule has 1 nitrogen and oxygen atoms in total. The maximum absolute atomic E-state index is 2.42. The molecule has 4 atom stereocenters. The Hall–Kier alpha value is -3.16. The van der Waals surface area contributed by atoms with E-state index in [4.69, 9.17) is 0 Å². The normalized spacial score (nSPS) is 16.8. The molecule has 0 spiro atoms. The molecule has 4 rings (SSSR count). The lowest BCUT2D eigenvalue weighted by Crippen LogP contribution is -2.54. The summed E-state index contributed by atoms with van der Waals surface area (Å²) in [5, 5.41) is 0. The molecule has 0 aliphatic heterocycles. The highest BCUT2D eigenvalue weighted by Gasteiger charge is 2.50. The van der Waals surface area contributed by atoms with E-state index in [2.05, 4.69) is 149 Å². The second kappa shape index (κ2) is 10.2. The molecule has 0 aromatic heterocycles. The zero-order valence-electron chi connectivity index (χ0n) is 20.3. The van der Waals surface area contributed by atoms with Gasteiger partial charge < -0.3 is 0 Å². The smallest absolute Gasteiger partial charge is 0.113 e. The van der Waals surface area contributed by atoms with E-state index in [1.807, 2.05) is 0 Å². The molecule has 0 aliphatic carbocycles. The molecule has 0 heterocycles. The van der Waals surface area contributed by atoms with Gasteiger partial charge in [-0.3, -0.25) is 4.48 Å². The van der Waals surface area contributed by atoms with Gasteiger partial charge in [0.05, 0.1) is 0 Å². The number of benzene rings is 4. The van der Waals surface area contributed by atoms with Crippen molar-refractivity contribution in [1.82, 2.24) is 0 Å². The minimum Gasteiger partial charge on any atom is -0.300 e. The monoisotopic (exact) mass is 434 g/mol. The van der Waals surface area contributed by atoms with Crippen molar-refractivity contribution in [2.24, 2.45) is 0 Å². The molecule has 0 aliphatic rings. The van der Waals surface area contributed by atoms with Crippen LogP contribution in [0.3, 0.4) is 0 Å². The third-order valence-corrected chi connectivity index (χ3v) is 7.81. The fourth-order valence-corrected chi connectivity index (χ4v) is 5.97. The van der Waals surface area contributed by atoms with E-state index in [9.17, 15) is 0 Å². The second-order valence-corrected chi connectivity index (χ2v) is 9.24. The van der Waals surface area contributed by atoms with Crippen LogP contribution in [0, 0.1) is 0 Å². The minimum atomic E-state index is 0.284. The van der Waals surface area contributed by atoms with E-state index in [-0.39, 0.29) is 24.2 Å². The zero-order valence-corrected chi connectivity index (χ0v) is 20.3. The van der Waals surface area contributed by atoms with Crippen LogP contribution in [0.2, 0.25) is 0 Å². The maximum atomic E-state index is 2.42. The predicted octanol–water partition coefficient (Wildman–Crippen LogP) is 8.85. The van der Waals surface area contributed by atoms with Gasteiger partial charge in [0.1, 0.15) is 24.2 Å². The molecule has 1 heteroatoms. The molecular formula is C32H36N+. The molecular weight excluding hydrogens is 398 g/mol. The highest BCUT2D eigenvalue weighted by atomic mass is 15.4. The quantitative estimate of drug-likeness (QED) is 0.243. The molecule has 0 saturated heterocycles. The molecule has 0 bridgehead atoms. The lowest BCUT2D eigenvalue weighted by atomic mass is 9.86. The van der Waals surface area contributed by atoms with Gasteiger partial charge in [-0.1, -0.05) is 121 Å². The summed E-state index contributed by atoms with van der Waals surface area (Å²) in [6.07, 6.45) is 0. The first kappa shape index (κ1) is 23.0. The number of hydrogen-bond acceptors (Lipinski definition) is 0. The molecule has 4 aromatic carbocycles. The summed E-state index contributed by atoms with van der Waals surface area (Å²) in [4.78, 5) is 0. The standard InChI is InChI=1S/C32H36N/c1-25(29-17-9-5-10-18-29)33(26(2)30-19-11-6-12-20-30,27(3)31-21-13-7-14-22-31)28(4)32-23-15-8-16-24-32/h5-28H,1-4H3/q+1. The van der Waals surface area contributed by atoms with E-state index in [1.54, 1.807) is 0 Å². The van der Waals surface area contributed by atoms with Gasteiger partial charge in [0.25, 0.3) is 0 Å². The number of hydrogen-bond donors (Lipinski definition) is 0. The Labute approximate surface area is 199 Å². The van der Waals surface area contributed by atoms with Gasteiger partial charge in [-0.05, 0) is 27.7 Å². The van der Waals surface area contributed by atoms with Crippen LogP contribution in [-0.2, 0) is 0 Å². The summed E-state index contributed by atoms with van der Waals surface area (Å²) in [6.45, 7) is 9.70. The van der Waals surface area contributed by atoms with Crippen LogP contribution in [0.25, 0.3) is 0 Å². The van der Waals surface area contributed by atoms with E-state index in [1.165, 1.54) is 22.3 Å². The minimum absolute atomic E-state index is 0.284. The highest BCUT2D eigenvalue weighted by molar-refractivity contribution is 5.25.